The normalized spacial score (nSPS) is 15.7. The van der Waals surface area contributed by atoms with Gasteiger partial charge in [-0.25, -0.2) is 4.68 Å². The van der Waals surface area contributed by atoms with Gasteiger partial charge < -0.3 is 5.32 Å². The molecule has 3 aromatic rings. The Hall–Kier alpha value is -2.95. The Balaban J connectivity index is 1.48. The maximum Gasteiger partial charge on any atom is 0.274 e. The van der Waals surface area contributed by atoms with E-state index in [4.69, 9.17) is 0 Å². The van der Waals surface area contributed by atoms with Crippen molar-refractivity contribution in [2.75, 3.05) is 6.54 Å². The molecule has 27 heavy (non-hydrogen) atoms. The van der Waals surface area contributed by atoms with Crippen LogP contribution in [0.25, 0.3) is 10.8 Å². The number of rotatable bonds is 5. The van der Waals surface area contributed by atoms with Gasteiger partial charge in [0.2, 0.25) is 5.91 Å². The third-order valence-corrected chi connectivity index (χ3v) is 5.59. The van der Waals surface area contributed by atoms with E-state index in [-0.39, 0.29) is 11.5 Å². The lowest BCUT2D eigenvalue weighted by atomic mass is 9.78. The summed E-state index contributed by atoms with van der Waals surface area (Å²) in [7, 11) is 0. The lowest BCUT2D eigenvalue weighted by molar-refractivity contribution is -0.126. The minimum atomic E-state index is -0.441. The van der Waals surface area contributed by atoms with Crippen LogP contribution in [0.4, 0.5) is 0 Å². The van der Waals surface area contributed by atoms with Crippen molar-refractivity contribution >= 4 is 16.7 Å². The van der Waals surface area contributed by atoms with Crippen LogP contribution in [-0.4, -0.2) is 22.2 Å². The molecule has 1 aliphatic rings. The van der Waals surface area contributed by atoms with E-state index < -0.39 is 5.41 Å². The number of carbonyl (C=O) groups is 1. The molecule has 0 atom stereocenters. The van der Waals surface area contributed by atoms with Crippen LogP contribution in [0.1, 0.15) is 31.2 Å². The van der Waals surface area contributed by atoms with Crippen LogP contribution in [-0.2, 0) is 16.8 Å². The second-order valence-electron chi connectivity index (χ2n) is 7.17. The number of nitrogens with zero attached hydrogens (tertiary/aromatic N) is 2. The number of aromatic nitrogens is 2. The van der Waals surface area contributed by atoms with E-state index in [1.54, 1.807) is 12.3 Å². The van der Waals surface area contributed by atoms with Crippen LogP contribution < -0.4 is 10.9 Å². The van der Waals surface area contributed by atoms with Crippen molar-refractivity contribution < 1.29 is 4.79 Å². The minimum Gasteiger partial charge on any atom is -0.353 e. The number of benzene rings is 2. The van der Waals surface area contributed by atoms with Gasteiger partial charge >= 0.3 is 0 Å². The van der Waals surface area contributed by atoms with E-state index >= 15 is 0 Å². The Bertz CT molecular complexity index is 1000. The Morgan fingerprint density at radius 2 is 1.74 bits per heavy atom. The highest BCUT2D eigenvalue weighted by molar-refractivity contribution is 5.88. The molecule has 2 aromatic carbocycles. The summed E-state index contributed by atoms with van der Waals surface area (Å²) in [5.41, 5.74) is 0.519. The summed E-state index contributed by atoms with van der Waals surface area (Å²) in [6, 6.07) is 17.4. The molecule has 0 radical (unpaired) electrons. The molecule has 0 unspecified atom stereocenters. The highest BCUT2D eigenvalue weighted by atomic mass is 16.2. The van der Waals surface area contributed by atoms with Gasteiger partial charge in [0.05, 0.1) is 23.5 Å². The Morgan fingerprint density at radius 1 is 1.04 bits per heavy atom. The van der Waals surface area contributed by atoms with Crippen molar-refractivity contribution in [3.05, 3.63) is 76.7 Å². The van der Waals surface area contributed by atoms with E-state index in [9.17, 15) is 9.59 Å². The second kappa shape index (κ2) is 7.35. The SMILES string of the molecule is O=C(NCCn1ncc2ccccc2c1=O)C1(c2ccccc2)CCCC1. The van der Waals surface area contributed by atoms with Gasteiger partial charge in [-0.2, -0.15) is 5.10 Å². The zero-order chi connectivity index (χ0) is 18.7. The van der Waals surface area contributed by atoms with Gasteiger partial charge in [0.25, 0.3) is 5.56 Å². The molecule has 0 saturated heterocycles. The summed E-state index contributed by atoms with van der Waals surface area (Å²) in [5.74, 6) is 0.0556. The number of fused-ring (bicyclic) bond motifs is 1. The topological polar surface area (TPSA) is 64.0 Å². The largest absolute Gasteiger partial charge is 0.353 e. The fourth-order valence-electron chi connectivity index (χ4n) is 4.11. The van der Waals surface area contributed by atoms with Gasteiger partial charge in [-0.15, -0.1) is 0 Å². The predicted molar refractivity (Wildman–Crippen MR) is 106 cm³/mol. The van der Waals surface area contributed by atoms with Crippen LogP contribution in [0.5, 0.6) is 0 Å². The van der Waals surface area contributed by atoms with Gasteiger partial charge in [0.1, 0.15) is 0 Å². The lowest BCUT2D eigenvalue weighted by Crippen LogP contribution is -2.44. The average Bonchev–Trinajstić information content (AvgIpc) is 3.22. The van der Waals surface area contributed by atoms with Gasteiger partial charge in [0.15, 0.2) is 0 Å². The average molecular weight is 361 g/mol. The molecule has 138 valence electrons. The van der Waals surface area contributed by atoms with Crippen LogP contribution in [0.2, 0.25) is 0 Å². The molecule has 1 fully saturated rings. The third-order valence-electron chi connectivity index (χ3n) is 5.59. The summed E-state index contributed by atoms with van der Waals surface area (Å²) in [6.07, 6.45) is 5.57. The van der Waals surface area contributed by atoms with Crippen LogP contribution in [0.15, 0.2) is 65.6 Å². The number of hydrogen-bond acceptors (Lipinski definition) is 3. The molecule has 5 heteroatoms. The maximum atomic E-state index is 13.0. The molecular weight excluding hydrogens is 338 g/mol. The molecule has 0 spiro atoms. The molecular formula is C22H23N3O2. The molecule has 4 rings (SSSR count). The van der Waals surface area contributed by atoms with Crippen molar-refractivity contribution in [1.29, 1.82) is 0 Å². The molecule has 0 aliphatic heterocycles. The van der Waals surface area contributed by atoms with E-state index in [1.807, 2.05) is 48.5 Å². The van der Waals surface area contributed by atoms with E-state index in [1.165, 1.54) is 4.68 Å². The quantitative estimate of drug-likeness (QED) is 0.760. The van der Waals surface area contributed by atoms with Crippen molar-refractivity contribution in [2.24, 2.45) is 0 Å². The van der Waals surface area contributed by atoms with Crippen molar-refractivity contribution in [2.45, 2.75) is 37.6 Å². The molecule has 0 bridgehead atoms. The molecule has 1 aromatic heterocycles. The molecule has 5 nitrogen and oxygen atoms in total. The molecule has 1 saturated carbocycles. The smallest absolute Gasteiger partial charge is 0.274 e. The maximum absolute atomic E-state index is 13.0. The first-order valence-corrected chi connectivity index (χ1v) is 9.49. The summed E-state index contributed by atoms with van der Waals surface area (Å²) < 4.78 is 1.42. The number of carbonyl (C=O) groups excluding carboxylic acids is 1. The van der Waals surface area contributed by atoms with Crippen molar-refractivity contribution in [1.82, 2.24) is 15.1 Å². The molecule has 1 heterocycles. The summed E-state index contributed by atoms with van der Waals surface area (Å²) in [4.78, 5) is 25.6. The second-order valence-corrected chi connectivity index (χ2v) is 7.17. The minimum absolute atomic E-state index is 0.0556. The number of amides is 1. The van der Waals surface area contributed by atoms with E-state index in [0.717, 1.165) is 36.6 Å². The highest BCUT2D eigenvalue weighted by Crippen LogP contribution is 2.41. The van der Waals surface area contributed by atoms with Crippen LogP contribution in [0, 0.1) is 0 Å². The summed E-state index contributed by atoms with van der Waals surface area (Å²) >= 11 is 0. The fraction of sp³-hybridized carbons (Fsp3) is 0.318. The summed E-state index contributed by atoms with van der Waals surface area (Å²) in [6.45, 7) is 0.749. The Morgan fingerprint density at radius 3 is 2.52 bits per heavy atom. The molecule has 1 N–H and O–H groups in total. The monoisotopic (exact) mass is 361 g/mol. The summed E-state index contributed by atoms with van der Waals surface area (Å²) in [5, 5.41) is 8.76. The van der Waals surface area contributed by atoms with Gasteiger partial charge in [-0.05, 0) is 24.5 Å². The first kappa shape index (κ1) is 17.5. The van der Waals surface area contributed by atoms with Gasteiger partial charge in [-0.1, -0.05) is 61.4 Å². The van der Waals surface area contributed by atoms with Crippen LogP contribution >= 0.6 is 0 Å². The Kier molecular flexibility index (Phi) is 4.75. The molecule has 1 amide bonds. The first-order chi connectivity index (χ1) is 13.2. The Labute approximate surface area is 158 Å². The highest BCUT2D eigenvalue weighted by Gasteiger charge is 2.42. The predicted octanol–water partition coefficient (Wildman–Crippen LogP) is 3.02. The standard InChI is InChI=1S/C22H23N3O2/c26-20-19-11-5-4-8-17(19)16-24-25(20)15-14-23-21(27)22(12-6-7-13-22)18-9-2-1-3-10-18/h1-5,8-11,16H,6-7,12-15H2,(H,23,27). The van der Waals surface area contributed by atoms with E-state index in [2.05, 4.69) is 10.4 Å². The van der Waals surface area contributed by atoms with Crippen molar-refractivity contribution in [3.8, 4) is 0 Å². The lowest BCUT2D eigenvalue weighted by Gasteiger charge is -2.28. The number of hydrogen-bond donors (Lipinski definition) is 1. The number of nitrogens with one attached hydrogen (secondary N) is 1. The van der Waals surface area contributed by atoms with Crippen molar-refractivity contribution in [3.63, 3.8) is 0 Å². The van der Waals surface area contributed by atoms with Crippen LogP contribution in [0.3, 0.4) is 0 Å². The third kappa shape index (κ3) is 3.25. The zero-order valence-corrected chi connectivity index (χ0v) is 15.2. The zero-order valence-electron chi connectivity index (χ0n) is 15.2. The van der Waals surface area contributed by atoms with Gasteiger partial charge in [-0.3, -0.25) is 9.59 Å². The molecule has 1 aliphatic carbocycles. The fourth-order valence-corrected chi connectivity index (χ4v) is 4.11. The van der Waals surface area contributed by atoms with E-state index in [0.29, 0.717) is 18.5 Å². The first-order valence-electron chi connectivity index (χ1n) is 9.49. The van der Waals surface area contributed by atoms with Gasteiger partial charge in [0, 0.05) is 11.9 Å².